The molecule has 2 aromatic carbocycles. The van der Waals surface area contributed by atoms with Gasteiger partial charge >= 0.3 is 0 Å². The minimum Gasteiger partial charge on any atom is -0.497 e. The van der Waals surface area contributed by atoms with Gasteiger partial charge in [0.2, 0.25) is 5.91 Å². The average molecular weight is 492 g/mol. The fourth-order valence-electron chi connectivity index (χ4n) is 3.67. The number of morpholine rings is 1. The fourth-order valence-corrected chi connectivity index (χ4v) is 5.10. The largest absolute Gasteiger partial charge is 0.497 e. The van der Waals surface area contributed by atoms with E-state index < -0.39 is 15.9 Å². The van der Waals surface area contributed by atoms with Crippen LogP contribution in [0.25, 0.3) is 0 Å². The Morgan fingerprint density at radius 3 is 2.44 bits per heavy atom. The molecule has 186 valence electrons. The Kier molecular flexibility index (Phi) is 9.14. The number of nitrogens with zero attached hydrogens (tertiary/aromatic N) is 2. The van der Waals surface area contributed by atoms with Gasteiger partial charge in [0.25, 0.3) is 10.0 Å². The Morgan fingerprint density at radius 2 is 1.79 bits per heavy atom. The minimum atomic E-state index is -4.04. The van der Waals surface area contributed by atoms with Gasteiger partial charge in [0.15, 0.2) is 0 Å². The maximum Gasteiger partial charge on any atom is 0.264 e. The van der Waals surface area contributed by atoms with Crippen LogP contribution in [0.4, 0.5) is 5.69 Å². The molecule has 0 bridgehead atoms. The quantitative estimate of drug-likeness (QED) is 0.481. The predicted octanol–water partition coefficient (Wildman–Crippen LogP) is 2.05. The maximum atomic E-state index is 13.6. The summed E-state index contributed by atoms with van der Waals surface area (Å²) in [6.45, 7) is 6.02. The highest BCUT2D eigenvalue weighted by atomic mass is 32.2. The molecule has 0 aliphatic carbocycles. The molecule has 1 aliphatic heterocycles. The zero-order chi connectivity index (χ0) is 24.6. The predicted molar refractivity (Wildman–Crippen MR) is 130 cm³/mol. The molecule has 1 amide bonds. The molecule has 0 saturated carbocycles. The molecule has 0 unspecified atom stereocenters. The number of carbonyl (C=O) groups is 1. The molecule has 34 heavy (non-hydrogen) atoms. The van der Waals surface area contributed by atoms with E-state index in [0.29, 0.717) is 12.3 Å². The zero-order valence-corrected chi connectivity index (χ0v) is 20.8. The third kappa shape index (κ3) is 6.62. The number of aryl methyl sites for hydroxylation is 1. The first-order valence-electron chi connectivity index (χ1n) is 11.2. The summed E-state index contributed by atoms with van der Waals surface area (Å²) in [5, 5.41) is 2.85. The average Bonchev–Trinajstić information content (AvgIpc) is 2.85. The van der Waals surface area contributed by atoms with Gasteiger partial charge in [0, 0.05) is 25.7 Å². The number of benzene rings is 2. The van der Waals surface area contributed by atoms with E-state index in [4.69, 9.17) is 14.2 Å². The smallest absolute Gasteiger partial charge is 0.264 e. The number of hydrogen-bond acceptors (Lipinski definition) is 7. The van der Waals surface area contributed by atoms with Gasteiger partial charge in [0.05, 0.1) is 38.0 Å². The van der Waals surface area contributed by atoms with Crippen LogP contribution in [0.5, 0.6) is 11.5 Å². The number of methoxy groups -OCH3 is 2. The summed E-state index contributed by atoms with van der Waals surface area (Å²) in [4.78, 5) is 15.2. The highest BCUT2D eigenvalue weighted by molar-refractivity contribution is 7.92. The zero-order valence-electron chi connectivity index (χ0n) is 20.0. The summed E-state index contributed by atoms with van der Waals surface area (Å²) in [6, 6.07) is 11.3. The van der Waals surface area contributed by atoms with Gasteiger partial charge in [-0.25, -0.2) is 8.42 Å². The van der Waals surface area contributed by atoms with Crippen LogP contribution in [0.15, 0.2) is 47.4 Å². The maximum absolute atomic E-state index is 13.6. The van der Waals surface area contributed by atoms with E-state index in [2.05, 4.69) is 10.2 Å². The molecule has 1 N–H and O–H groups in total. The van der Waals surface area contributed by atoms with Crippen molar-refractivity contribution in [1.82, 2.24) is 10.2 Å². The van der Waals surface area contributed by atoms with Gasteiger partial charge in [-0.15, -0.1) is 0 Å². The molecule has 1 heterocycles. The number of carbonyl (C=O) groups excluding carboxylic acids is 1. The Bertz CT molecular complexity index is 1050. The third-order valence-electron chi connectivity index (χ3n) is 5.63. The van der Waals surface area contributed by atoms with E-state index in [-0.39, 0.29) is 22.9 Å². The summed E-state index contributed by atoms with van der Waals surface area (Å²) in [5.41, 5.74) is 1.19. The lowest BCUT2D eigenvalue weighted by Crippen LogP contribution is -2.42. The summed E-state index contributed by atoms with van der Waals surface area (Å²) in [5.74, 6) is 0.409. The third-order valence-corrected chi connectivity index (χ3v) is 7.40. The normalized spacial score (nSPS) is 14.4. The van der Waals surface area contributed by atoms with Crippen LogP contribution in [0.3, 0.4) is 0 Å². The molecule has 1 fully saturated rings. The number of anilines is 1. The SMILES string of the molecule is COc1ccc(N(CC(=O)NCCCN2CCOCC2)S(=O)(=O)c2ccc(C)cc2)c(OC)c1. The van der Waals surface area contributed by atoms with Crippen LogP contribution in [0.2, 0.25) is 0 Å². The lowest BCUT2D eigenvalue weighted by Gasteiger charge is -2.27. The Labute approximate surface area is 201 Å². The van der Waals surface area contributed by atoms with Crippen LogP contribution in [-0.4, -0.2) is 79.4 Å². The topological polar surface area (TPSA) is 97.4 Å². The Balaban J connectivity index is 1.78. The first-order chi connectivity index (χ1) is 16.3. The van der Waals surface area contributed by atoms with Crippen LogP contribution in [0, 0.1) is 6.92 Å². The van der Waals surface area contributed by atoms with Gasteiger partial charge in [-0.1, -0.05) is 17.7 Å². The number of hydrogen-bond donors (Lipinski definition) is 1. The van der Waals surface area contributed by atoms with Crippen molar-refractivity contribution in [3.05, 3.63) is 48.0 Å². The molecule has 0 atom stereocenters. The van der Waals surface area contributed by atoms with Crippen molar-refractivity contribution in [2.45, 2.75) is 18.2 Å². The number of ether oxygens (including phenoxy) is 3. The van der Waals surface area contributed by atoms with E-state index in [1.807, 2.05) is 6.92 Å². The van der Waals surface area contributed by atoms with Crippen molar-refractivity contribution in [3.8, 4) is 11.5 Å². The van der Waals surface area contributed by atoms with Crippen molar-refractivity contribution < 1.29 is 27.4 Å². The molecule has 1 saturated heterocycles. The van der Waals surface area contributed by atoms with E-state index in [1.54, 1.807) is 30.3 Å². The van der Waals surface area contributed by atoms with Crippen molar-refractivity contribution in [3.63, 3.8) is 0 Å². The number of amides is 1. The van der Waals surface area contributed by atoms with E-state index in [0.717, 1.165) is 49.1 Å². The molecule has 3 rings (SSSR count). The molecule has 0 radical (unpaired) electrons. The lowest BCUT2D eigenvalue weighted by molar-refractivity contribution is -0.119. The lowest BCUT2D eigenvalue weighted by atomic mass is 10.2. The summed E-state index contributed by atoms with van der Waals surface area (Å²) in [6.07, 6.45) is 0.766. The molecule has 0 spiro atoms. The van der Waals surface area contributed by atoms with Crippen LogP contribution >= 0.6 is 0 Å². The number of rotatable bonds is 11. The molecule has 9 nitrogen and oxygen atoms in total. The Morgan fingerprint density at radius 1 is 1.09 bits per heavy atom. The van der Waals surface area contributed by atoms with Crippen molar-refractivity contribution in [2.24, 2.45) is 0 Å². The highest BCUT2D eigenvalue weighted by Crippen LogP contribution is 2.35. The van der Waals surface area contributed by atoms with Gasteiger partial charge in [-0.3, -0.25) is 14.0 Å². The summed E-state index contributed by atoms with van der Waals surface area (Å²) < 4.78 is 44.2. The summed E-state index contributed by atoms with van der Waals surface area (Å²) in [7, 11) is -1.08. The van der Waals surface area contributed by atoms with Gasteiger partial charge in [-0.2, -0.15) is 0 Å². The van der Waals surface area contributed by atoms with Gasteiger partial charge < -0.3 is 19.5 Å². The fraction of sp³-hybridized carbons (Fsp3) is 0.458. The monoisotopic (exact) mass is 491 g/mol. The van der Waals surface area contributed by atoms with Gasteiger partial charge in [0.1, 0.15) is 18.0 Å². The highest BCUT2D eigenvalue weighted by Gasteiger charge is 2.29. The molecule has 0 aromatic heterocycles. The summed E-state index contributed by atoms with van der Waals surface area (Å²) >= 11 is 0. The van der Waals surface area contributed by atoms with Crippen molar-refractivity contribution in [2.75, 3.05) is 64.5 Å². The van der Waals surface area contributed by atoms with Gasteiger partial charge in [-0.05, 0) is 44.2 Å². The second-order valence-electron chi connectivity index (χ2n) is 8.02. The number of sulfonamides is 1. The molecular weight excluding hydrogens is 458 g/mol. The Hall–Kier alpha value is -2.82. The second kappa shape index (κ2) is 12.0. The van der Waals surface area contributed by atoms with Crippen LogP contribution in [-0.2, 0) is 19.6 Å². The standard InChI is InChI=1S/C24H33N3O6S/c1-19-5-8-21(9-6-19)34(29,30)27(22-10-7-20(31-2)17-23(22)32-3)18-24(28)25-11-4-12-26-13-15-33-16-14-26/h5-10,17H,4,11-16,18H2,1-3H3,(H,25,28). The van der Waals surface area contributed by atoms with Crippen molar-refractivity contribution in [1.29, 1.82) is 0 Å². The number of nitrogens with one attached hydrogen (secondary N) is 1. The molecule has 10 heteroatoms. The first-order valence-corrected chi connectivity index (χ1v) is 12.7. The second-order valence-corrected chi connectivity index (χ2v) is 9.88. The van der Waals surface area contributed by atoms with E-state index in [1.165, 1.54) is 26.4 Å². The molecule has 1 aliphatic rings. The first kappa shape index (κ1) is 25.8. The molecule has 2 aromatic rings. The van der Waals surface area contributed by atoms with E-state index >= 15 is 0 Å². The minimum absolute atomic E-state index is 0.0936. The van der Waals surface area contributed by atoms with Crippen LogP contribution < -0.4 is 19.1 Å². The van der Waals surface area contributed by atoms with Crippen molar-refractivity contribution >= 4 is 21.6 Å². The molecular formula is C24H33N3O6S. The van der Waals surface area contributed by atoms with Crippen LogP contribution in [0.1, 0.15) is 12.0 Å². The van der Waals surface area contributed by atoms with E-state index in [9.17, 15) is 13.2 Å².